The number of nitrogens with zero attached hydrogens (tertiary/aromatic N) is 3. The van der Waals surface area contributed by atoms with Crippen molar-refractivity contribution in [2.75, 3.05) is 158 Å². The quantitative estimate of drug-likeness (QED) is 0.0262. The molecule has 0 unspecified atom stereocenters. The molecule has 0 aromatic heterocycles. The van der Waals surface area contributed by atoms with Crippen LogP contribution >= 0.6 is 0 Å². The van der Waals surface area contributed by atoms with Crippen LogP contribution in [0.3, 0.4) is 0 Å². The second-order valence-electron chi connectivity index (χ2n) is 20.5. The van der Waals surface area contributed by atoms with Gasteiger partial charge in [-0.15, -0.1) is 5.06 Å². The largest absolute Gasteiger partial charge is 1.00 e. The Labute approximate surface area is 500 Å². The first-order valence-corrected chi connectivity index (χ1v) is 29.0. The SMILES string of the molecule is COCCOCCOCCOCCOCC[N+](CCOCCOCCOCCOCCOC)=c1ccc2c(C(C)(C)C)cc(/C=C/C=C3/N(CCCCCC(=O)ON4C(=O)CCC4=O)c4ccc(S(=O)(=O)[O-])cc4C3(C)C)oc-2c1.[Na+]. The van der Waals surface area contributed by atoms with E-state index in [2.05, 4.69) is 48.4 Å². The molecule has 0 saturated carbocycles. The molecule has 0 atom stereocenters. The first-order chi connectivity index (χ1) is 38.4. The van der Waals surface area contributed by atoms with E-state index in [1.54, 1.807) is 20.3 Å². The predicted octanol–water partition coefficient (Wildman–Crippen LogP) is 2.65. The third-order valence-corrected chi connectivity index (χ3v) is 14.0. The Morgan fingerprint density at radius 2 is 1.20 bits per heavy atom. The van der Waals surface area contributed by atoms with Gasteiger partial charge in [0.05, 0.1) is 117 Å². The van der Waals surface area contributed by atoms with Gasteiger partial charge in [0.25, 0.3) is 11.8 Å². The second kappa shape index (κ2) is 36.7. The zero-order chi connectivity index (χ0) is 57.8. The van der Waals surface area contributed by atoms with Gasteiger partial charge in [0, 0.05) is 68.5 Å². The number of hydrogen-bond acceptors (Lipinski definition) is 19. The van der Waals surface area contributed by atoms with Crippen LogP contribution in [0.5, 0.6) is 0 Å². The van der Waals surface area contributed by atoms with Crippen LogP contribution in [0.1, 0.15) is 90.0 Å². The maximum Gasteiger partial charge on any atom is 1.00 e. The van der Waals surface area contributed by atoms with E-state index in [1.165, 1.54) is 12.1 Å². The number of fused-ring (bicyclic) bond motifs is 2. The molecule has 3 aliphatic heterocycles. The van der Waals surface area contributed by atoms with Crippen molar-refractivity contribution in [2.24, 2.45) is 0 Å². The number of ether oxygens (including phenoxy) is 10. The maximum atomic E-state index is 12.5. The molecule has 0 bridgehead atoms. The second-order valence-corrected chi connectivity index (χ2v) is 21.9. The molecule has 1 aromatic rings. The Hall–Kier alpha value is -3.95. The van der Waals surface area contributed by atoms with Crippen molar-refractivity contribution in [3.05, 3.63) is 82.6 Å². The third-order valence-electron chi connectivity index (χ3n) is 13.2. The first kappa shape index (κ1) is 69.5. The molecule has 0 N–H and O–H groups in total. The molecule has 1 aromatic carbocycles. The maximum absolute atomic E-state index is 12.5. The number of hydrogen-bond donors (Lipinski definition) is 0. The number of allylic oxidation sites excluding steroid dienone is 3. The van der Waals surface area contributed by atoms with Crippen LogP contribution in [0.4, 0.5) is 5.69 Å². The number of anilines is 1. The van der Waals surface area contributed by atoms with Crippen LogP contribution < -0.4 is 44.4 Å². The van der Waals surface area contributed by atoms with Gasteiger partial charge in [0.2, 0.25) is 5.36 Å². The number of benzene rings is 2. The predicted molar refractivity (Wildman–Crippen MR) is 297 cm³/mol. The fraction of sp³-hybridized carbons (Fsp3) is 0.621. The standard InChI is InChI=1S/C58H85N3O18S.Na/c1-57(2,3)49-43-46(12-11-13-53-58(4,5)50-44-47(80(65,66)67)16-18-51(50)60(53)21-10-8-9-14-56(64)79-61-54(62)19-20-55(61)63)78-52-42-45(15-17-48(49)52)59(22-24-70-30-32-74-38-40-76-36-34-72-28-26-68-6)23-25-71-31-33-75-39-41-77-37-35-73-29-27-69-7;/h11-13,15-18,42-44H,8-10,14,19-41H2,1-7H3;/q;+1. The fourth-order valence-corrected chi connectivity index (χ4v) is 9.42. The van der Waals surface area contributed by atoms with Crippen LogP contribution in [-0.4, -0.2) is 189 Å². The van der Waals surface area contributed by atoms with E-state index in [-0.39, 0.29) is 59.1 Å². The van der Waals surface area contributed by atoms with Gasteiger partial charge >= 0.3 is 35.5 Å². The summed E-state index contributed by atoms with van der Waals surface area (Å²) in [5, 5.41) is 1.47. The smallest absolute Gasteiger partial charge is 0.744 e. The summed E-state index contributed by atoms with van der Waals surface area (Å²) >= 11 is 0. The molecule has 1 fully saturated rings. The molecule has 81 heavy (non-hydrogen) atoms. The van der Waals surface area contributed by atoms with Crippen LogP contribution in [0.2, 0.25) is 0 Å². The molecule has 0 radical (unpaired) electrons. The van der Waals surface area contributed by atoms with E-state index in [4.69, 9.17) is 56.6 Å². The Morgan fingerprint density at radius 3 is 1.69 bits per heavy atom. The molecule has 446 valence electrons. The molecule has 21 nitrogen and oxygen atoms in total. The summed E-state index contributed by atoms with van der Waals surface area (Å²) in [6.07, 6.45) is 7.55. The van der Waals surface area contributed by atoms with Crippen LogP contribution in [0.25, 0.3) is 17.4 Å². The number of hydroxylamine groups is 2. The Balaban J connectivity index is 0.0000141. The van der Waals surface area contributed by atoms with Gasteiger partial charge in [-0.25, -0.2) is 17.8 Å². The van der Waals surface area contributed by atoms with Crippen LogP contribution in [0, 0.1) is 0 Å². The zero-order valence-corrected chi connectivity index (χ0v) is 51.8. The summed E-state index contributed by atoms with van der Waals surface area (Å²) in [4.78, 5) is 43.2. The number of unbranched alkanes of at least 4 members (excludes halogenated alkanes) is 2. The van der Waals surface area contributed by atoms with E-state index < -0.39 is 33.3 Å². The van der Waals surface area contributed by atoms with E-state index >= 15 is 0 Å². The molecule has 3 heterocycles. The molecule has 2 amide bonds. The summed E-state index contributed by atoms with van der Waals surface area (Å²) < 4.78 is 101. The average molecular weight is 1170 g/mol. The van der Waals surface area contributed by atoms with Gasteiger partial charge < -0.3 is 66.1 Å². The molecule has 1 saturated heterocycles. The van der Waals surface area contributed by atoms with E-state index in [1.807, 2.05) is 38.1 Å². The Kier molecular flexibility index (Phi) is 31.5. The third kappa shape index (κ3) is 23.6. The number of methoxy groups -OCH3 is 2. The molecule has 0 spiro atoms. The Morgan fingerprint density at radius 1 is 0.691 bits per heavy atom. The van der Waals surface area contributed by atoms with Crippen LogP contribution in [-0.2, 0) is 87.5 Å². The van der Waals surface area contributed by atoms with Crippen molar-refractivity contribution in [1.29, 1.82) is 0 Å². The summed E-state index contributed by atoms with van der Waals surface area (Å²) in [5.41, 5.74) is 3.39. The molecule has 1 aliphatic carbocycles. The average Bonchev–Trinajstić information content (AvgIpc) is 4.13. The summed E-state index contributed by atoms with van der Waals surface area (Å²) in [6, 6.07) is 12.7. The molecule has 4 aliphatic rings. The zero-order valence-electron chi connectivity index (χ0n) is 49.0. The summed E-state index contributed by atoms with van der Waals surface area (Å²) in [5.74, 6) is -0.416. The summed E-state index contributed by atoms with van der Waals surface area (Å²) in [7, 11) is -1.46. The van der Waals surface area contributed by atoms with Gasteiger partial charge in [0.1, 0.15) is 34.9 Å². The number of carbonyl (C=O) groups excluding carboxylic acids is 3. The normalized spacial score (nSPS) is 14.9. The Bertz CT molecular complexity index is 2570. The topological polar surface area (TPSA) is 233 Å². The number of amides is 2. The fourth-order valence-electron chi connectivity index (χ4n) is 8.93. The van der Waals surface area contributed by atoms with Crippen molar-refractivity contribution in [1.82, 2.24) is 9.64 Å². The molecule has 23 heteroatoms. The first-order valence-electron chi connectivity index (χ1n) is 27.5. The number of imide groups is 1. The minimum atomic E-state index is -4.73. The van der Waals surface area contributed by atoms with Crippen molar-refractivity contribution in [2.45, 2.75) is 88.9 Å². The van der Waals surface area contributed by atoms with Gasteiger partial charge in [-0.3, -0.25) is 9.59 Å². The van der Waals surface area contributed by atoms with E-state index in [0.29, 0.717) is 180 Å². The van der Waals surface area contributed by atoms with Gasteiger partial charge in [-0.1, -0.05) is 47.1 Å². The number of carbonyl (C=O) groups is 3. The number of rotatable bonds is 40. The monoisotopic (exact) mass is 1170 g/mol. The van der Waals surface area contributed by atoms with E-state index in [9.17, 15) is 27.4 Å². The molecule has 5 rings (SSSR count). The van der Waals surface area contributed by atoms with Crippen molar-refractivity contribution in [3.63, 3.8) is 0 Å². The van der Waals surface area contributed by atoms with Gasteiger partial charge in [-0.2, -0.15) is 0 Å². The molecular formula is C58H85N3NaO18S+. The van der Waals surface area contributed by atoms with Gasteiger partial charge in [0.15, 0.2) is 13.1 Å². The van der Waals surface area contributed by atoms with Crippen molar-refractivity contribution >= 4 is 39.7 Å². The molecular weight excluding hydrogens is 1080 g/mol. The van der Waals surface area contributed by atoms with Crippen LogP contribution in [0.15, 0.2) is 69.6 Å². The summed E-state index contributed by atoms with van der Waals surface area (Å²) in [6.45, 7) is 20.5. The minimum absolute atomic E-state index is 0. The van der Waals surface area contributed by atoms with Gasteiger partial charge in [-0.05, 0) is 71.9 Å². The van der Waals surface area contributed by atoms with E-state index in [0.717, 1.165) is 27.9 Å². The minimum Gasteiger partial charge on any atom is -0.744 e. The van der Waals surface area contributed by atoms with Crippen molar-refractivity contribution < 1.29 is 114 Å². The van der Waals surface area contributed by atoms with Crippen molar-refractivity contribution in [3.8, 4) is 11.3 Å².